The van der Waals surface area contributed by atoms with E-state index >= 15 is 0 Å². The van der Waals surface area contributed by atoms with E-state index in [0.29, 0.717) is 33.0 Å². The molecule has 0 aliphatic carbocycles. The summed E-state index contributed by atoms with van der Waals surface area (Å²) in [5.41, 5.74) is -1.44. The van der Waals surface area contributed by atoms with E-state index in [-0.39, 0.29) is 5.75 Å². The van der Waals surface area contributed by atoms with Crippen molar-refractivity contribution in [2.24, 2.45) is 0 Å². The summed E-state index contributed by atoms with van der Waals surface area (Å²) in [7, 11) is 1.54. The molecule has 0 aliphatic rings. The molecule has 0 bridgehead atoms. The van der Waals surface area contributed by atoms with Gasteiger partial charge in [0, 0.05) is 21.5 Å². The molecule has 0 amide bonds. The van der Waals surface area contributed by atoms with Crippen molar-refractivity contribution < 1.29 is 33.3 Å². The summed E-state index contributed by atoms with van der Waals surface area (Å²) in [6.45, 7) is 10.5. The lowest BCUT2D eigenvalue weighted by atomic mass is 10.0. The van der Waals surface area contributed by atoms with Crippen LogP contribution in [0.2, 0.25) is 0 Å². The van der Waals surface area contributed by atoms with E-state index in [0.717, 1.165) is 0 Å². The zero-order valence-corrected chi connectivity index (χ0v) is 19.4. The van der Waals surface area contributed by atoms with Gasteiger partial charge < -0.3 is 23.7 Å². The molecule has 7 heteroatoms. The van der Waals surface area contributed by atoms with E-state index in [1.165, 1.54) is 7.11 Å². The van der Waals surface area contributed by atoms with Gasteiger partial charge in [0.2, 0.25) is 0 Å². The first-order chi connectivity index (χ1) is 14.9. The van der Waals surface area contributed by atoms with E-state index < -0.39 is 23.5 Å². The molecule has 0 atom stereocenters. The molecule has 0 N–H and O–H groups in total. The number of hydrogen-bond acceptors (Lipinski definition) is 7. The minimum atomic E-state index is -0.840. The van der Waals surface area contributed by atoms with Crippen LogP contribution in [-0.4, -0.2) is 30.6 Å². The lowest BCUT2D eigenvalue weighted by Crippen LogP contribution is -2.26. The van der Waals surface area contributed by atoms with Crippen LogP contribution in [-0.2, 0) is 9.47 Å². The maximum absolute atomic E-state index is 12.5. The summed E-state index contributed by atoms with van der Waals surface area (Å²) in [5, 5.41) is 2.22. The molecule has 0 aliphatic heterocycles. The Morgan fingerprint density at radius 1 is 0.656 bits per heavy atom. The summed E-state index contributed by atoms with van der Waals surface area (Å²) in [6, 6.07) is 12.3. The van der Waals surface area contributed by atoms with E-state index in [9.17, 15) is 9.59 Å². The van der Waals surface area contributed by atoms with Crippen LogP contribution in [0.1, 0.15) is 41.5 Å². The van der Waals surface area contributed by atoms with Crippen molar-refractivity contribution in [1.29, 1.82) is 0 Å². The van der Waals surface area contributed by atoms with Crippen molar-refractivity contribution in [1.82, 2.24) is 0 Å². The Kier molecular flexibility index (Phi) is 6.21. The fraction of sp³-hybridized carbons (Fsp3) is 0.360. The zero-order valence-electron chi connectivity index (χ0n) is 19.4. The van der Waals surface area contributed by atoms with Crippen molar-refractivity contribution in [2.75, 3.05) is 7.11 Å². The maximum Gasteiger partial charge on any atom is 0.514 e. The summed E-state index contributed by atoms with van der Waals surface area (Å²) in [4.78, 5) is 25.0. The summed E-state index contributed by atoms with van der Waals surface area (Å²) < 4.78 is 27.4. The molecule has 0 unspecified atom stereocenters. The van der Waals surface area contributed by atoms with Gasteiger partial charge in [-0.1, -0.05) is 24.3 Å². The highest BCUT2D eigenvalue weighted by molar-refractivity contribution is 6.12. The summed E-state index contributed by atoms with van der Waals surface area (Å²) in [6.07, 6.45) is -1.67. The summed E-state index contributed by atoms with van der Waals surface area (Å²) >= 11 is 0. The minimum Gasteiger partial charge on any atom is -0.497 e. The molecule has 0 heterocycles. The van der Waals surface area contributed by atoms with Gasteiger partial charge in [0.1, 0.15) is 22.7 Å². The van der Waals surface area contributed by atoms with Gasteiger partial charge in [0.15, 0.2) is 5.75 Å². The van der Waals surface area contributed by atoms with E-state index in [4.69, 9.17) is 23.7 Å². The Labute approximate surface area is 187 Å². The molecule has 0 saturated heterocycles. The van der Waals surface area contributed by atoms with Crippen LogP contribution in [0.4, 0.5) is 9.59 Å². The van der Waals surface area contributed by atoms with Gasteiger partial charge in [-0.3, -0.25) is 0 Å². The van der Waals surface area contributed by atoms with Crippen LogP contribution in [0.5, 0.6) is 17.2 Å². The van der Waals surface area contributed by atoms with Crippen molar-refractivity contribution in [3.8, 4) is 17.2 Å². The maximum atomic E-state index is 12.5. The topological polar surface area (TPSA) is 80.3 Å². The number of methoxy groups -OCH3 is 1. The summed E-state index contributed by atoms with van der Waals surface area (Å²) in [5.74, 6) is 1.12. The molecular formula is C25H28O7. The first kappa shape index (κ1) is 23.2. The predicted molar refractivity (Wildman–Crippen MR) is 122 cm³/mol. The standard InChI is InChI=1S/C25H28O7/c1-24(2,3)31-22(26)29-20-16-10-8-9-11-17(16)21(30-23(27)32-25(4,5)6)19-14-15(28-7)12-13-18(19)20/h8-14H,1-7H3. The number of carbonyl (C=O) groups excluding carboxylic acids is 2. The van der Waals surface area contributed by atoms with Gasteiger partial charge in [-0.2, -0.15) is 0 Å². The van der Waals surface area contributed by atoms with E-state index in [1.54, 1.807) is 84.0 Å². The Bertz CT molecular complexity index is 1170. The highest BCUT2D eigenvalue weighted by Crippen LogP contribution is 2.44. The van der Waals surface area contributed by atoms with Crippen LogP contribution >= 0.6 is 0 Å². The van der Waals surface area contributed by atoms with Crippen LogP contribution in [0.3, 0.4) is 0 Å². The molecule has 3 aromatic carbocycles. The van der Waals surface area contributed by atoms with Crippen molar-refractivity contribution in [3.63, 3.8) is 0 Å². The Hall–Kier alpha value is -3.48. The average Bonchev–Trinajstić information content (AvgIpc) is 2.67. The highest BCUT2D eigenvalue weighted by Gasteiger charge is 2.25. The fourth-order valence-corrected chi connectivity index (χ4v) is 3.13. The molecule has 0 radical (unpaired) electrons. The van der Waals surface area contributed by atoms with Crippen molar-refractivity contribution in [2.45, 2.75) is 52.7 Å². The Morgan fingerprint density at radius 3 is 1.53 bits per heavy atom. The molecule has 0 spiro atoms. The third-order valence-electron chi connectivity index (χ3n) is 4.28. The fourth-order valence-electron chi connectivity index (χ4n) is 3.13. The van der Waals surface area contributed by atoms with Gasteiger partial charge >= 0.3 is 12.3 Å². The first-order valence-electron chi connectivity index (χ1n) is 10.2. The third kappa shape index (κ3) is 5.41. The van der Waals surface area contributed by atoms with Crippen LogP contribution in [0.15, 0.2) is 42.5 Å². The van der Waals surface area contributed by atoms with Crippen LogP contribution in [0, 0.1) is 0 Å². The first-order valence-corrected chi connectivity index (χ1v) is 10.2. The molecule has 7 nitrogen and oxygen atoms in total. The second-order valence-electron chi connectivity index (χ2n) is 9.25. The second-order valence-corrected chi connectivity index (χ2v) is 9.25. The predicted octanol–water partition coefficient (Wildman–Crippen LogP) is 6.63. The smallest absolute Gasteiger partial charge is 0.497 e. The number of rotatable bonds is 3. The Balaban J connectivity index is 2.22. The molecule has 0 saturated carbocycles. The van der Waals surface area contributed by atoms with E-state index in [2.05, 4.69) is 0 Å². The van der Waals surface area contributed by atoms with Gasteiger partial charge in [-0.05, 0) is 59.7 Å². The van der Waals surface area contributed by atoms with Gasteiger partial charge in [0.25, 0.3) is 0 Å². The van der Waals surface area contributed by atoms with Crippen LogP contribution < -0.4 is 14.2 Å². The minimum absolute atomic E-state index is 0.278. The second kappa shape index (κ2) is 8.57. The van der Waals surface area contributed by atoms with Crippen molar-refractivity contribution in [3.05, 3.63) is 42.5 Å². The third-order valence-corrected chi connectivity index (χ3v) is 4.28. The molecule has 3 aromatic rings. The molecule has 0 fully saturated rings. The largest absolute Gasteiger partial charge is 0.514 e. The SMILES string of the molecule is COc1ccc2c(OC(=O)OC(C)(C)C)c3ccccc3c(OC(=O)OC(C)(C)C)c2c1. The lowest BCUT2D eigenvalue weighted by molar-refractivity contribution is 0.0194. The normalized spacial score (nSPS) is 11.8. The monoisotopic (exact) mass is 440 g/mol. The number of carbonyl (C=O) groups is 2. The quantitative estimate of drug-likeness (QED) is 0.257. The molecule has 170 valence electrons. The number of benzene rings is 3. The molecular weight excluding hydrogens is 412 g/mol. The average molecular weight is 440 g/mol. The van der Waals surface area contributed by atoms with Gasteiger partial charge in [-0.15, -0.1) is 0 Å². The molecule has 3 rings (SSSR count). The van der Waals surface area contributed by atoms with Crippen LogP contribution in [0.25, 0.3) is 21.5 Å². The zero-order chi connectivity index (χ0) is 23.7. The molecule has 32 heavy (non-hydrogen) atoms. The highest BCUT2D eigenvalue weighted by atomic mass is 16.7. The number of hydrogen-bond donors (Lipinski definition) is 0. The van der Waals surface area contributed by atoms with E-state index in [1.807, 2.05) is 0 Å². The van der Waals surface area contributed by atoms with Gasteiger partial charge in [0.05, 0.1) is 7.11 Å². The van der Waals surface area contributed by atoms with Crippen molar-refractivity contribution >= 4 is 33.9 Å². The number of fused-ring (bicyclic) bond motifs is 2. The molecule has 0 aromatic heterocycles. The number of ether oxygens (including phenoxy) is 5. The Morgan fingerprint density at radius 2 is 1.09 bits per heavy atom. The lowest BCUT2D eigenvalue weighted by Gasteiger charge is -2.22. The van der Waals surface area contributed by atoms with Gasteiger partial charge in [-0.25, -0.2) is 9.59 Å².